The van der Waals surface area contributed by atoms with Crippen molar-refractivity contribution < 1.29 is 4.42 Å². The summed E-state index contributed by atoms with van der Waals surface area (Å²) in [6.07, 6.45) is 3.12. The van der Waals surface area contributed by atoms with Crippen LogP contribution in [-0.4, -0.2) is 47.7 Å². The van der Waals surface area contributed by atoms with E-state index in [1.54, 1.807) is 0 Å². The van der Waals surface area contributed by atoms with Gasteiger partial charge in [0.2, 0.25) is 5.89 Å². The number of nitrogens with zero attached hydrogens (tertiary/aromatic N) is 4. The van der Waals surface area contributed by atoms with E-state index < -0.39 is 0 Å². The Hall–Kier alpha value is -2.60. The molecule has 154 valence electrons. The Bertz CT molecular complexity index is 1110. The van der Waals surface area contributed by atoms with Crippen LogP contribution in [0.2, 0.25) is 0 Å². The Morgan fingerprint density at radius 1 is 1.28 bits per heavy atom. The Morgan fingerprint density at radius 3 is 2.69 bits per heavy atom. The minimum Gasteiger partial charge on any atom is -0.403 e. The number of likely N-dealkylation sites (N-methyl/N-ethyl adjacent to an activating group) is 1. The SMILES string of the molecule is Cc1cc(C(C)C)c2c(=O)oc(-c3ccn(C)c3N3CC[C@H](N(C)C)C3)nc2c1. The van der Waals surface area contributed by atoms with E-state index in [0.29, 0.717) is 22.8 Å². The van der Waals surface area contributed by atoms with Crippen molar-refractivity contribution in [3.63, 3.8) is 0 Å². The molecule has 0 N–H and O–H groups in total. The molecule has 6 nitrogen and oxygen atoms in total. The van der Waals surface area contributed by atoms with Crippen molar-refractivity contribution >= 4 is 16.7 Å². The molecule has 0 spiro atoms. The van der Waals surface area contributed by atoms with Gasteiger partial charge in [-0.15, -0.1) is 0 Å². The Balaban J connectivity index is 1.84. The molecule has 3 aromatic rings. The highest BCUT2D eigenvalue weighted by molar-refractivity contribution is 5.84. The quantitative estimate of drug-likeness (QED) is 0.674. The highest BCUT2D eigenvalue weighted by Crippen LogP contribution is 2.34. The van der Waals surface area contributed by atoms with Gasteiger partial charge >= 0.3 is 5.63 Å². The highest BCUT2D eigenvalue weighted by Gasteiger charge is 2.29. The number of hydrogen-bond donors (Lipinski definition) is 0. The first-order valence-electron chi connectivity index (χ1n) is 10.3. The monoisotopic (exact) mass is 394 g/mol. The summed E-state index contributed by atoms with van der Waals surface area (Å²) in [5.41, 5.74) is 3.37. The summed E-state index contributed by atoms with van der Waals surface area (Å²) in [4.78, 5) is 22.4. The maximum absolute atomic E-state index is 13.0. The molecular formula is C23H30N4O2. The maximum atomic E-state index is 13.0. The van der Waals surface area contributed by atoms with Crippen molar-refractivity contribution in [1.29, 1.82) is 0 Å². The average Bonchev–Trinajstić information content (AvgIpc) is 3.27. The van der Waals surface area contributed by atoms with E-state index >= 15 is 0 Å². The molecule has 0 bridgehead atoms. The molecule has 4 rings (SSSR count). The van der Waals surface area contributed by atoms with Crippen molar-refractivity contribution in [1.82, 2.24) is 14.5 Å². The van der Waals surface area contributed by atoms with E-state index in [9.17, 15) is 4.79 Å². The second kappa shape index (κ2) is 7.34. The van der Waals surface area contributed by atoms with Gasteiger partial charge in [0.1, 0.15) is 5.82 Å². The van der Waals surface area contributed by atoms with Gasteiger partial charge in [0.15, 0.2) is 0 Å². The van der Waals surface area contributed by atoms with Crippen molar-refractivity contribution in [3.05, 3.63) is 45.9 Å². The van der Waals surface area contributed by atoms with Crippen LogP contribution in [0.3, 0.4) is 0 Å². The summed E-state index contributed by atoms with van der Waals surface area (Å²) in [6.45, 7) is 8.14. The zero-order valence-electron chi connectivity index (χ0n) is 18.2. The molecule has 3 heterocycles. The number of benzene rings is 1. The zero-order valence-corrected chi connectivity index (χ0v) is 18.2. The van der Waals surface area contributed by atoms with Crippen LogP contribution in [0.4, 0.5) is 5.82 Å². The van der Waals surface area contributed by atoms with E-state index in [1.807, 2.05) is 32.3 Å². The van der Waals surface area contributed by atoms with E-state index in [1.165, 1.54) is 0 Å². The number of hydrogen-bond acceptors (Lipinski definition) is 5. The number of fused-ring (bicyclic) bond motifs is 1. The van der Waals surface area contributed by atoms with Gasteiger partial charge in [-0.05, 0) is 56.6 Å². The molecule has 0 unspecified atom stereocenters. The Labute approximate surface area is 171 Å². The standard InChI is InChI=1S/C23H30N4O2/c1-14(2)18-11-15(3)12-19-20(18)23(28)29-21(24-19)17-8-9-26(6)22(17)27-10-7-16(13-27)25(4)5/h8-9,11-12,14,16H,7,10,13H2,1-6H3/t16-/m0/s1. The first-order valence-corrected chi connectivity index (χ1v) is 10.3. The van der Waals surface area contributed by atoms with Crippen molar-refractivity contribution in [3.8, 4) is 11.5 Å². The molecular weight excluding hydrogens is 364 g/mol. The van der Waals surface area contributed by atoms with Gasteiger partial charge in [-0.3, -0.25) is 0 Å². The van der Waals surface area contributed by atoms with Crippen LogP contribution in [0.15, 0.2) is 33.6 Å². The number of anilines is 1. The minimum absolute atomic E-state index is 0.229. The van der Waals surface area contributed by atoms with Crippen LogP contribution in [0.25, 0.3) is 22.4 Å². The summed E-state index contributed by atoms with van der Waals surface area (Å²) >= 11 is 0. The van der Waals surface area contributed by atoms with Crippen LogP contribution in [0.5, 0.6) is 0 Å². The van der Waals surface area contributed by atoms with Crippen molar-refractivity contribution in [2.45, 2.75) is 39.2 Å². The van der Waals surface area contributed by atoms with Crippen LogP contribution >= 0.6 is 0 Å². The Morgan fingerprint density at radius 2 is 2.03 bits per heavy atom. The molecule has 1 fully saturated rings. The van der Waals surface area contributed by atoms with E-state index in [2.05, 4.69) is 48.4 Å². The third-order valence-corrected chi connectivity index (χ3v) is 5.99. The zero-order chi connectivity index (χ0) is 20.9. The normalized spacial score (nSPS) is 17.2. The number of rotatable bonds is 4. The van der Waals surface area contributed by atoms with Gasteiger partial charge in [-0.1, -0.05) is 19.9 Å². The van der Waals surface area contributed by atoms with Gasteiger partial charge in [0, 0.05) is 32.4 Å². The lowest BCUT2D eigenvalue weighted by Gasteiger charge is -2.23. The Kier molecular flexibility index (Phi) is 4.99. The molecule has 1 atom stereocenters. The second-order valence-corrected chi connectivity index (χ2v) is 8.73. The molecule has 0 amide bonds. The van der Waals surface area contributed by atoms with E-state index in [-0.39, 0.29) is 11.5 Å². The average molecular weight is 395 g/mol. The third-order valence-electron chi connectivity index (χ3n) is 5.99. The van der Waals surface area contributed by atoms with E-state index in [4.69, 9.17) is 9.40 Å². The highest BCUT2D eigenvalue weighted by atomic mass is 16.4. The fourth-order valence-electron chi connectivity index (χ4n) is 4.38. The van der Waals surface area contributed by atoms with Crippen molar-refractivity contribution in [2.75, 3.05) is 32.1 Å². The first-order chi connectivity index (χ1) is 13.8. The van der Waals surface area contributed by atoms with Crippen LogP contribution < -0.4 is 10.5 Å². The number of aryl methyl sites for hydroxylation is 2. The molecule has 6 heteroatoms. The summed E-state index contributed by atoms with van der Waals surface area (Å²) in [5, 5.41) is 0.598. The third kappa shape index (κ3) is 3.46. The fraction of sp³-hybridized carbons (Fsp3) is 0.478. The lowest BCUT2D eigenvalue weighted by molar-refractivity contribution is 0.315. The smallest absolute Gasteiger partial charge is 0.347 e. The fourth-order valence-corrected chi connectivity index (χ4v) is 4.38. The molecule has 2 aromatic heterocycles. The molecule has 0 aliphatic carbocycles. The maximum Gasteiger partial charge on any atom is 0.347 e. The second-order valence-electron chi connectivity index (χ2n) is 8.73. The molecule has 1 aromatic carbocycles. The van der Waals surface area contributed by atoms with E-state index in [0.717, 1.165) is 42.0 Å². The molecule has 1 saturated heterocycles. The summed E-state index contributed by atoms with van der Waals surface area (Å²) in [6, 6.07) is 6.55. The van der Waals surface area contributed by atoms with Crippen LogP contribution in [0.1, 0.15) is 37.3 Å². The van der Waals surface area contributed by atoms with Gasteiger partial charge in [0.05, 0.1) is 16.5 Å². The molecule has 29 heavy (non-hydrogen) atoms. The predicted octanol–water partition coefficient (Wildman–Crippen LogP) is 3.77. The van der Waals surface area contributed by atoms with Gasteiger partial charge in [-0.25, -0.2) is 9.78 Å². The number of aromatic nitrogens is 2. The topological polar surface area (TPSA) is 54.5 Å². The minimum atomic E-state index is -0.309. The van der Waals surface area contributed by atoms with Crippen molar-refractivity contribution in [2.24, 2.45) is 7.05 Å². The predicted molar refractivity (Wildman–Crippen MR) is 118 cm³/mol. The largest absolute Gasteiger partial charge is 0.403 e. The molecule has 0 saturated carbocycles. The van der Waals surface area contributed by atoms with Gasteiger partial charge < -0.3 is 18.8 Å². The van der Waals surface area contributed by atoms with Crippen LogP contribution in [0, 0.1) is 6.92 Å². The summed E-state index contributed by atoms with van der Waals surface area (Å²) in [7, 11) is 6.28. The summed E-state index contributed by atoms with van der Waals surface area (Å²) < 4.78 is 7.87. The van der Waals surface area contributed by atoms with Gasteiger partial charge in [-0.2, -0.15) is 0 Å². The molecule has 1 aliphatic rings. The lowest BCUT2D eigenvalue weighted by Crippen LogP contribution is -2.32. The molecule has 0 radical (unpaired) electrons. The summed E-state index contributed by atoms with van der Waals surface area (Å²) in [5.74, 6) is 1.68. The lowest BCUT2D eigenvalue weighted by atomic mass is 9.97. The van der Waals surface area contributed by atoms with Crippen LogP contribution in [-0.2, 0) is 7.05 Å². The molecule has 1 aliphatic heterocycles. The van der Waals surface area contributed by atoms with Gasteiger partial charge in [0.25, 0.3) is 0 Å². The first kappa shape index (κ1) is 19.7.